The van der Waals surface area contributed by atoms with Crippen LogP contribution in [-0.2, 0) is 4.79 Å². The van der Waals surface area contributed by atoms with E-state index >= 15 is 0 Å². The maximum atomic E-state index is 10.4. The Morgan fingerprint density at radius 1 is 1.40 bits per heavy atom. The Morgan fingerprint density at radius 2 is 2.07 bits per heavy atom. The summed E-state index contributed by atoms with van der Waals surface area (Å²) in [4.78, 5) is 12.5. The largest absolute Gasteiger partial charge is 0.481 e. The van der Waals surface area contributed by atoms with E-state index < -0.39 is 5.97 Å². The van der Waals surface area contributed by atoms with Crippen LogP contribution in [0.5, 0.6) is 0 Å². The molecule has 0 radical (unpaired) electrons. The van der Waals surface area contributed by atoms with Crippen LogP contribution in [-0.4, -0.2) is 36.1 Å². The van der Waals surface area contributed by atoms with Crippen LogP contribution in [0.25, 0.3) is 0 Å². The van der Waals surface area contributed by atoms with E-state index in [1.165, 1.54) is 25.7 Å². The van der Waals surface area contributed by atoms with Gasteiger partial charge in [-0.15, -0.1) is 0 Å². The minimum Gasteiger partial charge on any atom is -0.481 e. The van der Waals surface area contributed by atoms with Crippen LogP contribution < -0.4 is 0 Å². The smallest absolute Gasteiger partial charge is 0.304 e. The minimum absolute atomic E-state index is 0.251. The second kappa shape index (κ2) is 8.72. The van der Waals surface area contributed by atoms with Crippen molar-refractivity contribution in [1.82, 2.24) is 4.90 Å². The van der Waals surface area contributed by atoms with Crippen LogP contribution in [0.3, 0.4) is 0 Å². The van der Waals surface area contributed by atoms with Crippen LogP contribution >= 0.6 is 0 Å². The number of unbranched alkanes of at least 4 members (excludes halogenated alkanes) is 1. The Kier molecular flexibility index (Phi) is 8.38. The lowest BCUT2D eigenvalue weighted by atomic mass is 9.99. The van der Waals surface area contributed by atoms with E-state index in [0.29, 0.717) is 6.54 Å². The van der Waals surface area contributed by atoms with Crippen LogP contribution in [0.15, 0.2) is 0 Å². The van der Waals surface area contributed by atoms with E-state index in [4.69, 9.17) is 5.11 Å². The number of hydrogen-bond donors (Lipinski definition) is 1. The molecule has 0 aromatic heterocycles. The molecule has 1 N–H and O–H groups in total. The van der Waals surface area contributed by atoms with Crippen molar-refractivity contribution in [2.45, 2.75) is 46.0 Å². The summed E-state index contributed by atoms with van der Waals surface area (Å²) < 4.78 is 0. The first kappa shape index (κ1) is 14.4. The average molecular weight is 215 g/mol. The van der Waals surface area contributed by atoms with Crippen molar-refractivity contribution in [2.75, 3.05) is 20.1 Å². The Bertz CT molecular complexity index is 171. The second-order valence-electron chi connectivity index (χ2n) is 4.32. The lowest BCUT2D eigenvalue weighted by Crippen LogP contribution is -2.27. The Morgan fingerprint density at radius 3 is 2.53 bits per heavy atom. The molecule has 0 bridgehead atoms. The molecule has 0 aromatic carbocycles. The molecule has 0 heterocycles. The van der Waals surface area contributed by atoms with Gasteiger partial charge in [0, 0.05) is 13.1 Å². The fourth-order valence-electron chi connectivity index (χ4n) is 1.74. The Hall–Kier alpha value is -0.570. The molecule has 0 fully saturated rings. The van der Waals surface area contributed by atoms with E-state index in [1.54, 1.807) is 0 Å². The number of aliphatic carboxylic acids is 1. The van der Waals surface area contributed by atoms with Gasteiger partial charge in [-0.2, -0.15) is 0 Å². The van der Waals surface area contributed by atoms with Gasteiger partial charge in [0.05, 0.1) is 6.42 Å². The lowest BCUT2D eigenvalue weighted by molar-refractivity contribution is -0.137. The predicted molar refractivity (Wildman–Crippen MR) is 63.1 cm³/mol. The summed E-state index contributed by atoms with van der Waals surface area (Å²) in [7, 11) is 2.01. The number of rotatable bonds is 9. The van der Waals surface area contributed by atoms with Crippen molar-refractivity contribution < 1.29 is 9.90 Å². The van der Waals surface area contributed by atoms with Gasteiger partial charge in [-0.25, -0.2) is 0 Å². The number of carboxylic acid groups (broad SMARTS) is 1. The zero-order valence-corrected chi connectivity index (χ0v) is 10.3. The van der Waals surface area contributed by atoms with Gasteiger partial charge in [-0.3, -0.25) is 4.79 Å². The number of carbonyl (C=O) groups is 1. The topological polar surface area (TPSA) is 40.5 Å². The fourth-order valence-corrected chi connectivity index (χ4v) is 1.74. The Balaban J connectivity index is 3.69. The summed E-state index contributed by atoms with van der Waals surface area (Å²) in [5.74, 6) is 0.0206. The maximum Gasteiger partial charge on any atom is 0.304 e. The molecule has 3 nitrogen and oxygen atoms in total. The van der Waals surface area contributed by atoms with E-state index in [2.05, 4.69) is 18.7 Å². The van der Waals surface area contributed by atoms with Crippen molar-refractivity contribution in [1.29, 1.82) is 0 Å². The van der Waals surface area contributed by atoms with E-state index in [1.807, 2.05) is 7.05 Å². The molecule has 1 atom stereocenters. The van der Waals surface area contributed by atoms with Gasteiger partial charge in [0.1, 0.15) is 0 Å². The highest BCUT2D eigenvalue weighted by molar-refractivity contribution is 5.66. The summed E-state index contributed by atoms with van der Waals surface area (Å²) >= 11 is 0. The van der Waals surface area contributed by atoms with E-state index in [0.717, 1.165) is 12.5 Å². The third-order valence-corrected chi connectivity index (χ3v) is 2.82. The molecule has 0 aliphatic heterocycles. The summed E-state index contributed by atoms with van der Waals surface area (Å²) in [6.45, 7) is 6.12. The first-order chi connectivity index (χ1) is 7.10. The molecule has 3 heteroatoms. The third kappa shape index (κ3) is 8.43. The number of hydrogen-bond acceptors (Lipinski definition) is 2. The fraction of sp³-hybridized carbons (Fsp3) is 0.917. The monoisotopic (exact) mass is 215 g/mol. The number of carboxylic acids is 1. The van der Waals surface area contributed by atoms with Gasteiger partial charge in [-0.1, -0.05) is 33.1 Å². The maximum absolute atomic E-state index is 10.4. The zero-order valence-electron chi connectivity index (χ0n) is 10.3. The van der Waals surface area contributed by atoms with Gasteiger partial charge < -0.3 is 10.0 Å². The van der Waals surface area contributed by atoms with E-state index in [9.17, 15) is 4.79 Å². The first-order valence-corrected chi connectivity index (χ1v) is 6.00. The van der Waals surface area contributed by atoms with Gasteiger partial charge in [0.25, 0.3) is 0 Å². The van der Waals surface area contributed by atoms with Crippen molar-refractivity contribution in [3.63, 3.8) is 0 Å². The summed E-state index contributed by atoms with van der Waals surface area (Å²) in [6, 6.07) is 0. The summed E-state index contributed by atoms with van der Waals surface area (Å²) in [5.41, 5.74) is 0. The lowest BCUT2D eigenvalue weighted by Gasteiger charge is -2.22. The molecule has 0 aliphatic rings. The molecule has 1 unspecified atom stereocenters. The highest BCUT2D eigenvalue weighted by atomic mass is 16.4. The van der Waals surface area contributed by atoms with Gasteiger partial charge in [-0.05, 0) is 19.4 Å². The molecule has 90 valence electrons. The Labute approximate surface area is 93.5 Å². The molecule has 0 saturated heterocycles. The predicted octanol–water partition coefficient (Wildman–Crippen LogP) is 2.61. The standard InChI is InChI=1S/C12H25NO2/c1-4-6-7-11(5-2)10-13(3)9-8-12(14)15/h11H,4-10H2,1-3H3,(H,14,15). The van der Waals surface area contributed by atoms with Crippen molar-refractivity contribution in [3.05, 3.63) is 0 Å². The van der Waals surface area contributed by atoms with Crippen LogP contribution in [0.4, 0.5) is 0 Å². The normalized spacial score (nSPS) is 13.1. The zero-order chi connectivity index (χ0) is 11.7. The number of nitrogens with zero attached hydrogens (tertiary/aromatic N) is 1. The molecule has 0 amide bonds. The SMILES string of the molecule is CCCCC(CC)CN(C)CCC(=O)O. The molecule has 0 saturated carbocycles. The van der Waals surface area contributed by atoms with Crippen LogP contribution in [0, 0.1) is 5.92 Å². The third-order valence-electron chi connectivity index (χ3n) is 2.82. The highest BCUT2D eigenvalue weighted by Gasteiger charge is 2.10. The van der Waals surface area contributed by atoms with Gasteiger partial charge in [0.15, 0.2) is 0 Å². The van der Waals surface area contributed by atoms with E-state index in [-0.39, 0.29) is 6.42 Å². The van der Waals surface area contributed by atoms with Crippen molar-refractivity contribution in [2.24, 2.45) is 5.92 Å². The van der Waals surface area contributed by atoms with Gasteiger partial charge >= 0.3 is 5.97 Å². The van der Waals surface area contributed by atoms with Crippen molar-refractivity contribution in [3.8, 4) is 0 Å². The summed E-state index contributed by atoms with van der Waals surface area (Å²) in [5, 5.41) is 8.57. The molecular weight excluding hydrogens is 190 g/mol. The van der Waals surface area contributed by atoms with Crippen molar-refractivity contribution >= 4 is 5.97 Å². The quantitative estimate of drug-likeness (QED) is 0.642. The highest BCUT2D eigenvalue weighted by Crippen LogP contribution is 2.13. The molecule has 0 aliphatic carbocycles. The molecule has 0 spiro atoms. The average Bonchev–Trinajstić information content (AvgIpc) is 2.21. The second-order valence-corrected chi connectivity index (χ2v) is 4.32. The molecular formula is C12H25NO2. The molecule has 0 rings (SSSR count). The van der Waals surface area contributed by atoms with Gasteiger partial charge in [0.2, 0.25) is 0 Å². The minimum atomic E-state index is -0.705. The first-order valence-electron chi connectivity index (χ1n) is 6.00. The van der Waals surface area contributed by atoms with Crippen LogP contribution in [0.2, 0.25) is 0 Å². The molecule has 0 aromatic rings. The van der Waals surface area contributed by atoms with Crippen LogP contribution in [0.1, 0.15) is 46.0 Å². The molecule has 15 heavy (non-hydrogen) atoms. The summed E-state index contributed by atoms with van der Waals surface area (Å²) in [6.07, 6.45) is 5.24.